The molecular weight excluding hydrogens is 326 g/mol. The van der Waals surface area contributed by atoms with Crippen LogP contribution in [0, 0.1) is 12.8 Å². The zero-order chi connectivity index (χ0) is 18.4. The van der Waals surface area contributed by atoms with Crippen molar-refractivity contribution in [3.8, 4) is 5.75 Å². The molecule has 0 spiro atoms. The molecule has 1 aliphatic rings. The predicted octanol–water partition coefficient (Wildman–Crippen LogP) is 3.30. The normalized spacial score (nSPS) is 18.2. The Kier molecular flexibility index (Phi) is 6.69. The SMILES string of the molecule is COCCn1c(C)cnc1CC1CCCN(Cc2cccc(OC)c2)C1. The highest BCUT2D eigenvalue weighted by Crippen LogP contribution is 2.23. The van der Waals surface area contributed by atoms with Crippen molar-refractivity contribution in [2.75, 3.05) is 33.9 Å². The molecule has 0 bridgehead atoms. The topological polar surface area (TPSA) is 39.5 Å². The maximum atomic E-state index is 5.35. The molecular formula is C21H31N3O2. The Bertz CT molecular complexity index is 698. The Morgan fingerprint density at radius 3 is 2.96 bits per heavy atom. The molecule has 2 aromatic rings. The third kappa shape index (κ3) is 4.86. The third-order valence-electron chi connectivity index (χ3n) is 5.27. The zero-order valence-corrected chi connectivity index (χ0v) is 16.3. The van der Waals surface area contributed by atoms with Gasteiger partial charge in [-0.25, -0.2) is 4.98 Å². The van der Waals surface area contributed by atoms with Gasteiger partial charge in [0.1, 0.15) is 11.6 Å². The Balaban J connectivity index is 1.60. The van der Waals surface area contributed by atoms with E-state index in [1.807, 2.05) is 12.3 Å². The lowest BCUT2D eigenvalue weighted by molar-refractivity contribution is 0.162. The summed E-state index contributed by atoms with van der Waals surface area (Å²) in [6.45, 7) is 7.04. The largest absolute Gasteiger partial charge is 0.497 e. The van der Waals surface area contributed by atoms with Crippen molar-refractivity contribution in [2.45, 2.75) is 39.3 Å². The fourth-order valence-corrected chi connectivity index (χ4v) is 3.91. The minimum atomic E-state index is 0.664. The first-order chi connectivity index (χ1) is 12.7. The number of likely N-dealkylation sites (tertiary alicyclic amines) is 1. The van der Waals surface area contributed by atoms with Crippen LogP contribution in [0.5, 0.6) is 5.75 Å². The third-order valence-corrected chi connectivity index (χ3v) is 5.27. The van der Waals surface area contributed by atoms with Gasteiger partial charge in [-0.1, -0.05) is 12.1 Å². The number of hydrogen-bond donors (Lipinski definition) is 0. The Morgan fingerprint density at radius 1 is 1.27 bits per heavy atom. The van der Waals surface area contributed by atoms with Gasteiger partial charge in [-0.15, -0.1) is 0 Å². The van der Waals surface area contributed by atoms with Crippen LogP contribution in [0.15, 0.2) is 30.5 Å². The average molecular weight is 357 g/mol. The molecule has 1 aromatic carbocycles. The molecule has 0 aliphatic carbocycles. The zero-order valence-electron chi connectivity index (χ0n) is 16.3. The second-order valence-electron chi connectivity index (χ2n) is 7.26. The van der Waals surface area contributed by atoms with E-state index in [0.29, 0.717) is 5.92 Å². The van der Waals surface area contributed by atoms with Gasteiger partial charge in [0, 0.05) is 45.1 Å². The number of imidazole rings is 1. The predicted molar refractivity (Wildman–Crippen MR) is 104 cm³/mol. The first kappa shape index (κ1) is 18.9. The molecule has 26 heavy (non-hydrogen) atoms. The average Bonchev–Trinajstić information content (AvgIpc) is 3.00. The van der Waals surface area contributed by atoms with E-state index in [9.17, 15) is 0 Å². The summed E-state index contributed by atoms with van der Waals surface area (Å²) in [6, 6.07) is 8.41. The molecule has 0 radical (unpaired) electrons. The quantitative estimate of drug-likeness (QED) is 0.727. The van der Waals surface area contributed by atoms with Gasteiger partial charge in [0.2, 0.25) is 0 Å². The van der Waals surface area contributed by atoms with Gasteiger partial charge in [0.05, 0.1) is 13.7 Å². The molecule has 2 heterocycles. The second kappa shape index (κ2) is 9.19. The highest BCUT2D eigenvalue weighted by Gasteiger charge is 2.22. The van der Waals surface area contributed by atoms with Gasteiger partial charge in [0.15, 0.2) is 0 Å². The number of aromatic nitrogens is 2. The number of ether oxygens (including phenoxy) is 2. The number of aryl methyl sites for hydroxylation is 1. The van der Waals surface area contributed by atoms with Gasteiger partial charge in [0.25, 0.3) is 0 Å². The summed E-state index contributed by atoms with van der Waals surface area (Å²) in [5.74, 6) is 2.80. The smallest absolute Gasteiger partial charge is 0.119 e. The van der Waals surface area contributed by atoms with Crippen LogP contribution in [0.2, 0.25) is 0 Å². The maximum Gasteiger partial charge on any atom is 0.119 e. The number of methoxy groups -OCH3 is 2. The van der Waals surface area contributed by atoms with Gasteiger partial charge in [-0.2, -0.15) is 0 Å². The van der Waals surface area contributed by atoms with Crippen molar-refractivity contribution in [1.29, 1.82) is 0 Å². The second-order valence-corrected chi connectivity index (χ2v) is 7.26. The van der Waals surface area contributed by atoms with Gasteiger partial charge >= 0.3 is 0 Å². The molecule has 142 valence electrons. The lowest BCUT2D eigenvalue weighted by atomic mass is 9.94. The van der Waals surface area contributed by atoms with E-state index < -0.39 is 0 Å². The maximum absolute atomic E-state index is 5.35. The lowest BCUT2D eigenvalue weighted by Gasteiger charge is -2.32. The van der Waals surface area contributed by atoms with Crippen molar-refractivity contribution in [1.82, 2.24) is 14.5 Å². The van der Waals surface area contributed by atoms with Crippen molar-refractivity contribution in [2.24, 2.45) is 5.92 Å². The van der Waals surface area contributed by atoms with E-state index in [1.165, 1.54) is 36.5 Å². The van der Waals surface area contributed by atoms with Gasteiger partial charge < -0.3 is 14.0 Å². The van der Waals surface area contributed by atoms with Crippen LogP contribution < -0.4 is 4.74 Å². The summed E-state index contributed by atoms with van der Waals surface area (Å²) in [6.07, 6.45) is 5.57. The summed E-state index contributed by atoms with van der Waals surface area (Å²) < 4.78 is 12.9. The lowest BCUT2D eigenvalue weighted by Crippen LogP contribution is -2.36. The Morgan fingerprint density at radius 2 is 2.15 bits per heavy atom. The monoisotopic (exact) mass is 357 g/mol. The molecule has 3 rings (SSSR count). The van der Waals surface area contributed by atoms with Crippen molar-refractivity contribution >= 4 is 0 Å². The first-order valence-corrected chi connectivity index (χ1v) is 9.55. The standard InChI is InChI=1S/C21H31N3O2/c1-17-14-22-21(24(17)10-11-25-2)13-19-7-5-9-23(16-19)15-18-6-4-8-20(12-18)26-3/h4,6,8,12,14,19H,5,7,9-11,13,15-16H2,1-3H3. The van der Waals surface area contributed by atoms with Crippen molar-refractivity contribution < 1.29 is 9.47 Å². The molecule has 5 nitrogen and oxygen atoms in total. The first-order valence-electron chi connectivity index (χ1n) is 9.55. The summed E-state index contributed by atoms with van der Waals surface area (Å²) in [5, 5.41) is 0. The minimum absolute atomic E-state index is 0.664. The molecule has 0 N–H and O–H groups in total. The molecule has 0 saturated carbocycles. The fourth-order valence-electron chi connectivity index (χ4n) is 3.91. The Hall–Kier alpha value is -1.85. The van der Waals surface area contributed by atoms with Crippen LogP contribution in [-0.4, -0.2) is 48.4 Å². The molecule has 0 amide bonds. The molecule has 1 unspecified atom stereocenters. The molecule has 1 aromatic heterocycles. The van der Waals surface area contributed by atoms with E-state index in [0.717, 1.165) is 38.4 Å². The highest BCUT2D eigenvalue weighted by atomic mass is 16.5. The summed E-state index contributed by atoms with van der Waals surface area (Å²) in [7, 11) is 3.48. The van der Waals surface area contributed by atoms with E-state index in [4.69, 9.17) is 9.47 Å². The van der Waals surface area contributed by atoms with Crippen LogP contribution in [0.1, 0.15) is 29.9 Å². The van der Waals surface area contributed by atoms with Crippen LogP contribution in [0.3, 0.4) is 0 Å². The molecule has 1 saturated heterocycles. The molecule has 1 atom stereocenters. The molecule has 1 fully saturated rings. The number of rotatable bonds is 8. The van der Waals surface area contributed by atoms with E-state index in [1.54, 1.807) is 14.2 Å². The van der Waals surface area contributed by atoms with Crippen LogP contribution >= 0.6 is 0 Å². The minimum Gasteiger partial charge on any atom is -0.497 e. The van der Waals surface area contributed by atoms with Crippen molar-refractivity contribution in [3.63, 3.8) is 0 Å². The van der Waals surface area contributed by atoms with Crippen LogP contribution in [0.4, 0.5) is 0 Å². The summed E-state index contributed by atoms with van der Waals surface area (Å²) >= 11 is 0. The highest BCUT2D eigenvalue weighted by molar-refractivity contribution is 5.28. The van der Waals surface area contributed by atoms with E-state index >= 15 is 0 Å². The fraction of sp³-hybridized carbons (Fsp3) is 0.571. The van der Waals surface area contributed by atoms with Gasteiger partial charge in [-0.3, -0.25) is 4.90 Å². The van der Waals surface area contributed by atoms with Crippen molar-refractivity contribution in [3.05, 3.63) is 47.5 Å². The molecule has 5 heteroatoms. The number of hydrogen-bond acceptors (Lipinski definition) is 4. The Labute approximate surface area is 156 Å². The summed E-state index contributed by atoms with van der Waals surface area (Å²) in [4.78, 5) is 7.23. The van der Waals surface area contributed by atoms with E-state index in [-0.39, 0.29) is 0 Å². The number of nitrogens with zero attached hydrogens (tertiary/aromatic N) is 3. The number of benzene rings is 1. The van der Waals surface area contributed by atoms with E-state index in [2.05, 4.69) is 39.6 Å². The molecule has 1 aliphatic heterocycles. The van der Waals surface area contributed by atoms with Crippen LogP contribution in [0.25, 0.3) is 0 Å². The van der Waals surface area contributed by atoms with Crippen LogP contribution in [-0.2, 0) is 24.2 Å². The number of piperidine rings is 1. The summed E-state index contributed by atoms with van der Waals surface area (Å²) in [5.41, 5.74) is 2.54. The van der Waals surface area contributed by atoms with Gasteiger partial charge in [-0.05, 0) is 49.9 Å².